The molecule has 2 atom stereocenters. The first-order chi connectivity index (χ1) is 9.74. The van der Waals surface area contributed by atoms with Crippen LogP contribution < -0.4 is 14.8 Å². The number of benzene rings is 1. The highest BCUT2D eigenvalue weighted by Crippen LogP contribution is 2.34. The Morgan fingerprint density at radius 1 is 0.950 bits per heavy atom. The summed E-state index contributed by atoms with van der Waals surface area (Å²) in [6.45, 7) is 4.61. The first-order valence-electron chi connectivity index (χ1n) is 6.79. The number of rotatable bonds is 4. The Hall–Kier alpha value is -2.07. The highest BCUT2D eigenvalue weighted by atomic mass is 16.7. The van der Waals surface area contributed by atoms with E-state index in [4.69, 9.17) is 9.47 Å². The summed E-state index contributed by atoms with van der Waals surface area (Å²) >= 11 is 0. The first-order valence-corrected chi connectivity index (χ1v) is 6.79. The van der Waals surface area contributed by atoms with E-state index in [-0.39, 0.29) is 12.1 Å². The Balaban J connectivity index is 1.71. The molecule has 104 valence electrons. The van der Waals surface area contributed by atoms with Gasteiger partial charge in [0.05, 0.1) is 0 Å². The van der Waals surface area contributed by atoms with Crippen LogP contribution in [0.25, 0.3) is 0 Å². The SMILES string of the molecule is CC(N[C@@H](C)c1ccncc1)c1ccc2c(c1)OCO2. The minimum atomic E-state index is 0.229. The maximum Gasteiger partial charge on any atom is 0.231 e. The van der Waals surface area contributed by atoms with Gasteiger partial charge in [0, 0.05) is 24.5 Å². The molecule has 0 saturated carbocycles. The van der Waals surface area contributed by atoms with Crippen molar-refractivity contribution in [2.24, 2.45) is 0 Å². The van der Waals surface area contributed by atoms with E-state index in [1.807, 2.05) is 36.7 Å². The molecule has 4 heteroatoms. The van der Waals surface area contributed by atoms with Gasteiger partial charge in [-0.2, -0.15) is 0 Å². The molecule has 1 aromatic heterocycles. The molecule has 1 unspecified atom stereocenters. The van der Waals surface area contributed by atoms with Gasteiger partial charge in [-0.15, -0.1) is 0 Å². The first kappa shape index (κ1) is 12.9. The molecule has 1 aliphatic rings. The summed E-state index contributed by atoms with van der Waals surface area (Å²) in [5, 5.41) is 3.58. The van der Waals surface area contributed by atoms with Crippen molar-refractivity contribution in [3.8, 4) is 11.5 Å². The molecule has 3 rings (SSSR count). The lowest BCUT2D eigenvalue weighted by atomic mass is 10.0. The monoisotopic (exact) mass is 270 g/mol. The van der Waals surface area contributed by atoms with Crippen molar-refractivity contribution in [3.05, 3.63) is 53.9 Å². The highest BCUT2D eigenvalue weighted by Gasteiger charge is 2.17. The Morgan fingerprint density at radius 3 is 2.45 bits per heavy atom. The van der Waals surface area contributed by atoms with Crippen molar-refractivity contribution in [2.75, 3.05) is 6.79 Å². The molecule has 1 aromatic carbocycles. The predicted octanol–water partition coefficient (Wildman–Crippen LogP) is 3.22. The molecule has 0 radical (unpaired) electrons. The molecule has 1 aliphatic heterocycles. The second-order valence-corrected chi connectivity index (χ2v) is 5.00. The number of nitrogens with zero attached hydrogens (tertiary/aromatic N) is 1. The van der Waals surface area contributed by atoms with Crippen LogP contribution in [0.5, 0.6) is 11.5 Å². The lowest BCUT2D eigenvalue weighted by Gasteiger charge is -2.20. The topological polar surface area (TPSA) is 43.4 Å². The molecule has 1 N–H and O–H groups in total. The highest BCUT2D eigenvalue weighted by molar-refractivity contribution is 5.45. The van der Waals surface area contributed by atoms with Crippen LogP contribution >= 0.6 is 0 Å². The van der Waals surface area contributed by atoms with Crippen LogP contribution in [0, 0.1) is 0 Å². The van der Waals surface area contributed by atoms with Crippen molar-refractivity contribution < 1.29 is 9.47 Å². The normalized spacial score (nSPS) is 15.9. The van der Waals surface area contributed by atoms with Gasteiger partial charge in [-0.25, -0.2) is 0 Å². The summed E-state index contributed by atoms with van der Waals surface area (Å²) in [4.78, 5) is 4.05. The number of fused-ring (bicyclic) bond motifs is 1. The standard InChI is InChI=1S/C16H18N2O2/c1-11(13-5-7-17-8-6-13)18-12(2)14-3-4-15-16(9-14)20-10-19-15/h3-9,11-12,18H,10H2,1-2H3/t11-,12?/m0/s1. The van der Waals surface area contributed by atoms with E-state index < -0.39 is 0 Å². The molecule has 2 heterocycles. The fourth-order valence-corrected chi connectivity index (χ4v) is 2.40. The van der Waals surface area contributed by atoms with Crippen molar-refractivity contribution in [2.45, 2.75) is 25.9 Å². The second-order valence-electron chi connectivity index (χ2n) is 5.00. The van der Waals surface area contributed by atoms with E-state index in [9.17, 15) is 0 Å². The van der Waals surface area contributed by atoms with Crippen LogP contribution in [0.1, 0.15) is 37.1 Å². The Labute approximate surface area is 118 Å². The second kappa shape index (κ2) is 5.51. The smallest absolute Gasteiger partial charge is 0.231 e. The van der Waals surface area contributed by atoms with Crippen molar-refractivity contribution >= 4 is 0 Å². The van der Waals surface area contributed by atoms with Crippen molar-refractivity contribution in [1.82, 2.24) is 10.3 Å². The molecule has 20 heavy (non-hydrogen) atoms. The summed E-state index contributed by atoms with van der Waals surface area (Å²) < 4.78 is 10.8. The van der Waals surface area contributed by atoms with Gasteiger partial charge in [0.25, 0.3) is 0 Å². The average molecular weight is 270 g/mol. The maximum atomic E-state index is 5.42. The molecular weight excluding hydrogens is 252 g/mol. The van der Waals surface area contributed by atoms with Gasteiger partial charge in [0.1, 0.15) is 0 Å². The van der Waals surface area contributed by atoms with Gasteiger partial charge < -0.3 is 14.8 Å². The fourth-order valence-electron chi connectivity index (χ4n) is 2.40. The summed E-state index contributed by atoms with van der Waals surface area (Å²) in [5.74, 6) is 1.65. The predicted molar refractivity (Wildman–Crippen MR) is 76.8 cm³/mol. The number of hydrogen-bond donors (Lipinski definition) is 1. The molecule has 4 nitrogen and oxygen atoms in total. The van der Waals surface area contributed by atoms with Crippen LogP contribution in [0.3, 0.4) is 0 Å². The molecular formula is C16H18N2O2. The summed E-state index contributed by atoms with van der Waals surface area (Å²) in [6, 6.07) is 10.6. The molecule has 0 fully saturated rings. The van der Waals surface area contributed by atoms with Crippen molar-refractivity contribution in [1.29, 1.82) is 0 Å². The van der Waals surface area contributed by atoms with Gasteiger partial charge >= 0.3 is 0 Å². The lowest BCUT2D eigenvalue weighted by Crippen LogP contribution is -2.22. The van der Waals surface area contributed by atoms with E-state index in [0.29, 0.717) is 6.79 Å². The van der Waals surface area contributed by atoms with Crippen LogP contribution in [0.4, 0.5) is 0 Å². The van der Waals surface area contributed by atoms with Crippen molar-refractivity contribution in [3.63, 3.8) is 0 Å². The molecule has 0 amide bonds. The van der Waals surface area contributed by atoms with E-state index in [1.165, 1.54) is 11.1 Å². The number of hydrogen-bond acceptors (Lipinski definition) is 4. The third kappa shape index (κ3) is 2.60. The summed E-state index contributed by atoms with van der Waals surface area (Å²) in [5.41, 5.74) is 2.42. The van der Waals surface area contributed by atoms with Crippen LogP contribution in [0.2, 0.25) is 0 Å². The minimum Gasteiger partial charge on any atom is -0.454 e. The largest absolute Gasteiger partial charge is 0.454 e. The number of nitrogens with one attached hydrogen (secondary N) is 1. The Kier molecular flexibility index (Phi) is 3.56. The number of aromatic nitrogens is 1. The molecule has 0 saturated heterocycles. The third-order valence-corrected chi connectivity index (χ3v) is 3.60. The van der Waals surface area contributed by atoms with Gasteiger partial charge in [-0.1, -0.05) is 6.07 Å². The zero-order chi connectivity index (χ0) is 13.9. The van der Waals surface area contributed by atoms with E-state index in [0.717, 1.165) is 11.5 Å². The molecule has 0 bridgehead atoms. The lowest BCUT2D eigenvalue weighted by molar-refractivity contribution is 0.174. The number of pyridine rings is 1. The summed E-state index contributed by atoms with van der Waals surface area (Å²) in [7, 11) is 0. The Bertz CT molecular complexity index is 586. The third-order valence-electron chi connectivity index (χ3n) is 3.60. The van der Waals surface area contributed by atoms with Crippen LogP contribution in [-0.2, 0) is 0 Å². The maximum absolute atomic E-state index is 5.42. The number of ether oxygens (including phenoxy) is 2. The molecule has 0 aliphatic carbocycles. The minimum absolute atomic E-state index is 0.229. The van der Waals surface area contributed by atoms with Gasteiger partial charge in [0.2, 0.25) is 6.79 Å². The van der Waals surface area contributed by atoms with Crippen LogP contribution in [0.15, 0.2) is 42.7 Å². The fraction of sp³-hybridized carbons (Fsp3) is 0.312. The Morgan fingerprint density at radius 2 is 1.65 bits per heavy atom. The van der Waals surface area contributed by atoms with E-state index in [2.05, 4.69) is 30.2 Å². The van der Waals surface area contributed by atoms with Gasteiger partial charge in [0.15, 0.2) is 11.5 Å². The zero-order valence-electron chi connectivity index (χ0n) is 11.7. The quantitative estimate of drug-likeness (QED) is 0.926. The average Bonchev–Trinajstić information content (AvgIpc) is 2.95. The van der Waals surface area contributed by atoms with E-state index >= 15 is 0 Å². The zero-order valence-corrected chi connectivity index (χ0v) is 11.7. The van der Waals surface area contributed by atoms with E-state index in [1.54, 1.807) is 0 Å². The summed E-state index contributed by atoms with van der Waals surface area (Å²) in [6.07, 6.45) is 3.64. The molecule has 0 spiro atoms. The van der Waals surface area contributed by atoms with Gasteiger partial charge in [-0.05, 0) is 49.2 Å². The van der Waals surface area contributed by atoms with Crippen LogP contribution in [-0.4, -0.2) is 11.8 Å². The van der Waals surface area contributed by atoms with Gasteiger partial charge in [-0.3, -0.25) is 4.98 Å². The molecule has 2 aromatic rings.